The standard InChI is InChI=1S/C18H29N3O4S/c1-4-21(5-2)26(23,24)17-8-6-16(7-9-17)25-14-18(22)19-15-10-12-20(3)13-11-15/h6-9,15H,4-5,10-14H2,1-3H3,(H,19,22). The number of sulfonamides is 1. The molecule has 2 rings (SSSR count). The monoisotopic (exact) mass is 383 g/mol. The van der Waals surface area contributed by atoms with Gasteiger partial charge in [0.15, 0.2) is 6.61 Å². The highest BCUT2D eigenvalue weighted by Crippen LogP contribution is 2.19. The zero-order chi connectivity index (χ0) is 19.2. The number of benzene rings is 1. The molecule has 0 atom stereocenters. The second kappa shape index (κ2) is 9.34. The number of hydrogen-bond donors (Lipinski definition) is 1. The molecule has 1 N–H and O–H groups in total. The van der Waals surface area contributed by atoms with E-state index in [9.17, 15) is 13.2 Å². The predicted molar refractivity (Wildman–Crippen MR) is 101 cm³/mol. The number of piperidine rings is 1. The van der Waals surface area contributed by atoms with Crippen molar-refractivity contribution in [3.8, 4) is 5.75 Å². The second-order valence-corrected chi connectivity index (χ2v) is 8.43. The Morgan fingerprint density at radius 3 is 2.31 bits per heavy atom. The number of rotatable bonds is 8. The van der Waals surface area contributed by atoms with E-state index in [2.05, 4.69) is 17.3 Å². The maximum absolute atomic E-state index is 12.4. The van der Waals surface area contributed by atoms with Crippen LogP contribution in [0.25, 0.3) is 0 Å². The van der Waals surface area contributed by atoms with Crippen molar-refractivity contribution in [1.82, 2.24) is 14.5 Å². The minimum atomic E-state index is -3.48. The van der Waals surface area contributed by atoms with Gasteiger partial charge in [-0.15, -0.1) is 0 Å². The third-order valence-electron chi connectivity index (χ3n) is 4.62. The molecule has 0 aliphatic carbocycles. The van der Waals surface area contributed by atoms with Gasteiger partial charge in [0, 0.05) is 19.1 Å². The minimum Gasteiger partial charge on any atom is -0.484 e. The first-order valence-corrected chi connectivity index (χ1v) is 10.5. The molecule has 146 valence electrons. The van der Waals surface area contributed by atoms with E-state index in [-0.39, 0.29) is 23.5 Å². The van der Waals surface area contributed by atoms with Gasteiger partial charge in [-0.3, -0.25) is 4.79 Å². The van der Waals surface area contributed by atoms with Gasteiger partial charge in [0.1, 0.15) is 5.75 Å². The van der Waals surface area contributed by atoms with Crippen LogP contribution >= 0.6 is 0 Å². The van der Waals surface area contributed by atoms with Crippen molar-refractivity contribution in [2.75, 3.05) is 39.8 Å². The van der Waals surface area contributed by atoms with E-state index in [0.717, 1.165) is 25.9 Å². The zero-order valence-electron chi connectivity index (χ0n) is 15.8. The molecule has 1 aromatic carbocycles. The Morgan fingerprint density at radius 1 is 1.19 bits per heavy atom. The fraction of sp³-hybridized carbons (Fsp3) is 0.611. The van der Waals surface area contributed by atoms with Gasteiger partial charge < -0.3 is 15.0 Å². The molecule has 26 heavy (non-hydrogen) atoms. The molecule has 0 unspecified atom stereocenters. The molecule has 1 amide bonds. The van der Waals surface area contributed by atoms with Crippen LogP contribution < -0.4 is 10.1 Å². The number of amides is 1. The second-order valence-electron chi connectivity index (χ2n) is 6.49. The fourth-order valence-electron chi connectivity index (χ4n) is 2.99. The summed E-state index contributed by atoms with van der Waals surface area (Å²) in [5.41, 5.74) is 0. The van der Waals surface area contributed by atoms with E-state index in [1.54, 1.807) is 12.1 Å². The third-order valence-corrected chi connectivity index (χ3v) is 6.68. The van der Waals surface area contributed by atoms with E-state index >= 15 is 0 Å². The fourth-order valence-corrected chi connectivity index (χ4v) is 4.45. The molecule has 0 saturated carbocycles. The molecule has 0 aromatic heterocycles. The van der Waals surface area contributed by atoms with Crippen LogP contribution in [0.5, 0.6) is 5.75 Å². The highest BCUT2D eigenvalue weighted by atomic mass is 32.2. The SMILES string of the molecule is CCN(CC)S(=O)(=O)c1ccc(OCC(=O)NC2CCN(C)CC2)cc1. The van der Waals surface area contributed by atoms with Crippen LogP contribution in [0.3, 0.4) is 0 Å². The van der Waals surface area contributed by atoms with Crippen molar-refractivity contribution in [2.45, 2.75) is 37.6 Å². The topological polar surface area (TPSA) is 78.9 Å². The molecule has 7 nitrogen and oxygen atoms in total. The lowest BCUT2D eigenvalue weighted by atomic mass is 10.1. The summed E-state index contributed by atoms with van der Waals surface area (Å²) in [7, 11) is -1.40. The summed E-state index contributed by atoms with van der Waals surface area (Å²) < 4.78 is 31.7. The first-order valence-electron chi connectivity index (χ1n) is 9.07. The first-order chi connectivity index (χ1) is 12.4. The van der Waals surface area contributed by atoms with Crippen LogP contribution in [0.15, 0.2) is 29.2 Å². The Labute approximate surface area is 156 Å². The maximum Gasteiger partial charge on any atom is 0.258 e. The summed E-state index contributed by atoms with van der Waals surface area (Å²) in [4.78, 5) is 14.5. The minimum absolute atomic E-state index is 0.0749. The summed E-state index contributed by atoms with van der Waals surface area (Å²) in [6.45, 7) is 6.35. The maximum atomic E-state index is 12.4. The Morgan fingerprint density at radius 2 is 1.77 bits per heavy atom. The number of hydrogen-bond acceptors (Lipinski definition) is 5. The van der Waals surface area contributed by atoms with Crippen LogP contribution in [0.4, 0.5) is 0 Å². The molecule has 0 spiro atoms. The summed E-state index contributed by atoms with van der Waals surface area (Å²) in [6, 6.07) is 6.39. The highest BCUT2D eigenvalue weighted by Gasteiger charge is 2.21. The summed E-state index contributed by atoms with van der Waals surface area (Å²) >= 11 is 0. The van der Waals surface area contributed by atoms with Crippen LogP contribution in [-0.2, 0) is 14.8 Å². The summed E-state index contributed by atoms with van der Waals surface area (Å²) in [5, 5.41) is 2.98. The molecule has 1 aliphatic heterocycles. The van der Waals surface area contributed by atoms with Crippen molar-refractivity contribution < 1.29 is 17.9 Å². The molecule has 0 bridgehead atoms. The van der Waals surface area contributed by atoms with E-state index < -0.39 is 10.0 Å². The third kappa shape index (κ3) is 5.43. The van der Waals surface area contributed by atoms with Gasteiger partial charge in [0.05, 0.1) is 4.90 Å². The molecule has 8 heteroatoms. The van der Waals surface area contributed by atoms with Gasteiger partial charge in [-0.05, 0) is 57.2 Å². The normalized spacial score (nSPS) is 16.6. The first kappa shape index (κ1) is 20.7. The van der Waals surface area contributed by atoms with Crippen LogP contribution in [0, 0.1) is 0 Å². The number of carbonyl (C=O) groups is 1. The van der Waals surface area contributed by atoms with E-state index in [0.29, 0.717) is 18.8 Å². The zero-order valence-corrected chi connectivity index (χ0v) is 16.6. The Hall–Kier alpha value is -1.64. The van der Waals surface area contributed by atoms with Crippen LogP contribution in [-0.4, -0.2) is 69.4 Å². The van der Waals surface area contributed by atoms with Gasteiger partial charge in [0.25, 0.3) is 5.91 Å². The Kier molecular flexibility index (Phi) is 7.43. The number of nitrogens with one attached hydrogen (secondary N) is 1. The number of nitrogens with zero attached hydrogens (tertiary/aromatic N) is 2. The lowest BCUT2D eigenvalue weighted by molar-refractivity contribution is -0.124. The van der Waals surface area contributed by atoms with Crippen molar-refractivity contribution in [3.05, 3.63) is 24.3 Å². The van der Waals surface area contributed by atoms with Crippen molar-refractivity contribution in [1.29, 1.82) is 0 Å². The smallest absolute Gasteiger partial charge is 0.258 e. The van der Waals surface area contributed by atoms with Gasteiger partial charge in [-0.2, -0.15) is 4.31 Å². The van der Waals surface area contributed by atoms with E-state index in [1.807, 2.05) is 13.8 Å². The van der Waals surface area contributed by atoms with Gasteiger partial charge >= 0.3 is 0 Å². The van der Waals surface area contributed by atoms with Gasteiger partial charge in [0.2, 0.25) is 10.0 Å². The average Bonchev–Trinajstić information content (AvgIpc) is 2.63. The lowest BCUT2D eigenvalue weighted by Gasteiger charge is -2.29. The van der Waals surface area contributed by atoms with Gasteiger partial charge in [-0.1, -0.05) is 13.8 Å². The quantitative estimate of drug-likeness (QED) is 0.732. The van der Waals surface area contributed by atoms with E-state index in [1.165, 1.54) is 16.4 Å². The lowest BCUT2D eigenvalue weighted by Crippen LogP contribution is -2.44. The number of ether oxygens (including phenoxy) is 1. The van der Waals surface area contributed by atoms with E-state index in [4.69, 9.17) is 4.74 Å². The highest BCUT2D eigenvalue weighted by molar-refractivity contribution is 7.89. The van der Waals surface area contributed by atoms with Crippen molar-refractivity contribution in [3.63, 3.8) is 0 Å². The molecule has 1 heterocycles. The molecular formula is C18H29N3O4S. The van der Waals surface area contributed by atoms with Crippen LogP contribution in [0.1, 0.15) is 26.7 Å². The van der Waals surface area contributed by atoms with Gasteiger partial charge in [-0.25, -0.2) is 8.42 Å². The molecule has 1 aromatic rings. The summed E-state index contributed by atoms with van der Waals surface area (Å²) in [5.74, 6) is 0.321. The molecule has 1 saturated heterocycles. The average molecular weight is 384 g/mol. The van der Waals surface area contributed by atoms with Crippen LogP contribution in [0.2, 0.25) is 0 Å². The summed E-state index contributed by atoms with van der Waals surface area (Å²) in [6.07, 6.45) is 1.89. The molecule has 0 radical (unpaired) electrons. The molecular weight excluding hydrogens is 354 g/mol. The largest absolute Gasteiger partial charge is 0.484 e. The van der Waals surface area contributed by atoms with Crippen molar-refractivity contribution in [2.24, 2.45) is 0 Å². The molecule has 1 aliphatic rings. The number of carbonyl (C=O) groups excluding carboxylic acids is 1. The van der Waals surface area contributed by atoms with Crippen molar-refractivity contribution >= 4 is 15.9 Å². The Balaban J connectivity index is 1.86. The predicted octanol–water partition coefficient (Wildman–Crippen LogP) is 1.31. The molecule has 1 fully saturated rings. The number of likely N-dealkylation sites (tertiary alicyclic amines) is 1. The Bertz CT molecular complexity index is 679.